The molecule has 2 N–H and O–H groups in total. The second-order valence-corrected chi connectivity index (χ2v) is 6.88. The summed E-state index contributed by atoms with van der Waals surface area (Å²) in [5, 5.41) is 12.1. The third-order valence-electron chi connectivity index (χ3n) is 4.46. The maximum absolute atomic E-state index is 12.4. The van der Waals surface area contributed by atoms with E-state index in [1.807, 2.05) is 19.9 Å². The molecule has 7 heteroatoms. The lowest BCUT2D eigenvalue weighted by Gasteiger charge is -2.23. The van der Waals surface area contributed by atoms with E-state index in [1.165, 1.54) is 4.90 Å². The number of likely N-dealkylation sites (tertiary alicyclic amines) is 1. The summed E-state index contributed by atoms with van der Waals surface area (Å²) in [5.74, 6) is 0.157. The third-order valence-corrected chi connectivity index (χ3v) is 4.91. The van der Waals surface area contributed by atoms with Crippen molar-refractivity contribution in [2.45, 2.75) is 38.8 Å². The lowest BCUT2D eigenvalue weighted by Crippen LogP contribution is -2.45. The maximum atomic E-state index is 12.4. The van der Waals surface area contributed by atoms with Gasteiger partial charge in [-0.15, -0.1) is 0 Å². The van der Waals surface area contributed by atoms with Gasteiger partial charge in [0.15, 0.2) is 0 Å². The zero-order valence-electron chi connectivity index (χ0n) is 11.8. The highest BCUT2D eigenvalue weighted by molar-refractivity contribution is 9.10. The summed E-state index contributed by atoms with van der Waals surface area (Å²) < 4.78 is 0.625. The number of nitrogens with one attached hydrogen (secondary N) is 1. The minimum absolute atomic E-state index is 0.0256. The molecular weight excluding hydrogens is 338 g/mol. The highest BCUT2D eigenvalue weighted by atomic mass is 79.9. The first-order valence-electron chi connectivity index (χ1n) is 6.77. The molecule has 1 aliphatic heterocycles. The maximum Gasteiger partial charge on any atom is 0.408 e. The lowest BCUT2D eigenvalue weighted by molar-refractivity contribution is -0.120. The molecule has 1 saturated heterocycles. The van der Waals surface area contributed by atoms with Crippen LogP contribution >= 0.6 is 15.9 Å². The van der Waals surface area contributed by atoms with E-state index in [0.29, 0.717) is 16.8 Å². The van der Waals surface area contributed by atoms with Crippen LogP contribution in [0.25, 0.3) is 0 Å². The van der Waals surface area contributed by atoms with Crippen LogP contribution in [0.15, 0.2) is 16.7 Å². The predicted molar refractivity (Wildman–Crippen MR) is 80.1 cm³/mol. The zero-order chi connectivity index (χ0) is 15.4. The SMILES string of the molecule is Cc1ccc(Br)nc1NC(=O)C1CC2(C)CC2N1C(=O)O. The molecule has 112 valence electrons. The first-order valence-corrected chi connectivity index (χ1v) is 7.56. The Morgan fingerprint density at radius 3 is 2.86 bits per heavy atom. The number of nitrogens with zero attached hydrogens (tertiary/aromatic N) is 2. The number of aromatic nitrogens is 1. The molecule has 21 heavy (non-hydrogen) atoms. The Hall–Kier alpha value is -1.63. The van der Waals surface area contributed by atoms with Crippen molar-refractivity contribution in [1.82, 2.24) is 9.88 Å². The van der Waals surface area contributed by atoms with Crippen LogP contribution in [0.2, 0.25) is 0 Å². The van der Waals surface area contributed by atoms with E-state index in [9.17, 15) is 14.7 Å². The molecule has 3 rings (SSSR count). The number of carbonyl (C=O) groups is 2. The molecule has 6 nitrogen and oxygen atoms in total. The number of aryl methyl sites for hydroxylation is 1. The highest BCUT2D eigenvalue weighted by Gasteiger charge is 2.64. The molecule has 0 radical (unpaired) electrons. The number of amides is 2. The van der Waals surface area contributed by atoms with Gasteiger partial charge in [0.2, 0.25) is 5.91 Å². The smallest absolute Gasteiger partial charge is 0.408 e. The minimum atomic E-state index is -1.03. The number of pyridine rings is 1. The molecule has 0 aromatic carbocycles. The van der Waals surface area contributed by atoms with Crippen molar-refractivity contribution in [3.05, 3.63) is 22.3 Å². The van der Waals surface area contributed by atoms with Crippen LogP contribution in [-0.4, -0.2) is 39.1 Å². The number of carbonyl (C=O) groups excluding carboxylic acids is 1. The fourth-order valence-electron chi connectivity index (χ4n) is 3.11. The van der Waals surface area contributed by atoms with Crippen molar-refractivity contribution >= 4 is 33.7 Å². The molecule has 1 saturated carbocycles. The van der Waals surface area contributed by atoms with Crippen LogP contribution in [0.5, 0.6) is 0 Å². The van der Waals surface area contributed by atoms with E-state index in [1.54, 1.807) is 6.07 Å². The van der Waals surface area contributed by atoms with Gasteiger partial charge in [-0.25, -0.2) is 9.78 Å². The average molecular weight is 354 g/mol. The van der Waals surface area contributed by atoms with Gasteiger partial charge in [0.05, 0.1) is 0 Å². The van der Waals surface area contributed by atoms with E-state index < -0.39 is 12.1 Å². The average Bonchev–Trinajstić information content (AvgIpc) is 2.95. The number of hydrogen-bond acceptors (Lipinski definition) is 3. The molecule has 0 bridgehead atoms. The van der Waals surface area contributed by atoms with Crippen LogP contribution < -0.4 is 5.32 Å². The molecule has 2 aliphatic rings. The summed E-state index contributed by atoms with van der Waals surface area (Å²) in [7, 11) is 0. The number of piperidine rings is 1. The molecule has 2 fully saturated rings. The third kappa shape index (κ3) is 2.39. The molecule has 3 unspecified atom stereocenters. The van der Waals surface area contributed by atoms with E-state index >= 15 is 0 Å². The van der Waals surface area contributed by atoms with Gasteiger partial charge in [0, 0.05) is 6.04 Å². The molecule has 3 atom stereocenters. The summed E-state index contributed by atoms with van der Waals surface area (Å²) in [6.45, 7) is 3.88. The van der Waals surface area contributed by atoms with Crippen molar-refractivity contribution in [2.24, 2.45) is 5.41 Å². The molecular formula is C14H16BrN3O3. The highest BCUT2D eigenvalue weighted by Crippen LogP contribution is 2.59. The second-order valence-electron chi connectivity index (χ2n) is 6.07. The number of carboxylic acid groups (broad SMARTS) is 1. The van der Waals surface area contributed by atoms with E-state index in [0.717, 1.165) is 12.0 Å². The van der Waals surface area contributed by atoms with Gasteiger partial charge in [-0.3, -0.25) is 9.69 Å². The van der Waals surface area contributed by atoms with Gasteiger partial charge >= 0.3 is 6.09 Å². The van der Waals surface area contributed by atoms with E-state index in [2.05, 4.69) is 26.2 Å². The summed E-state index contributed by atoms with van der Waals surface area (Å²) in [5.41, 5.74) is 0.794. The monoisotopic (exact) mass is 353 g/mol. The van der Waals surface area contributed by atoms with Gasteiger partial charge < -0.3 is 10.4 Å². The zero-order valence-corrected chi connectivity index (χ0v) is 13.3. The molecule has 1 aromatic rings. The predicted octanol–water partition coefficient (Wildman–Crippen LogP) is 2.62. The molecule has 1 aromatic heterocycles. The normalized spacial score (nSPS) is 30.0. The summed E-state index contributed by atoms with van der Waals surface area (Å²) in [4.78, 5) is 29.3. The number of fused-ring (bicyclic) bond motifs is 1. The Bertz CT molecular complexity index is 636. The Kier molecular flexibility index (Phi) is 3.20. The van der Waals surface area contributed by atoms with Crippen LogP contribution in [0, 0.1) is 12.3 Å². The van der Waals surface area contributed by atoms with Gasteiger partial charge in [-0.1, -0.05) is 13.0 Å². The Balaban J connectivity index is 1.79. The van der Waals surface area contributed by atoms with Gasteiger partial charge in [0.1, 0.15) is 16.5 Å². The van der Waals surface area contributed by atoms with Crippen molar-refractivity contribution in [3.63, 3.8) is 0 Å². The molecule has 1 aliphatic carbocycles. The first-order chi connectivity index (χ1) is 9.82. The second kappa shape index (κ2) is 4.69. The summed E-state index contributed by atoms with van der Waals surface area (Å²) in [6, 6.07) is 2.98. The number of halogens is 1. The van der Waals surface area contributed by atoms with E-state index in [4.69, 9.17) is 0 Å². The standard InChI is InChI=1S/C14H16BrN3O3/c1-7-3-4-10(15)16-11(7)17-12(19)8-5-14(2)6-9(14)18(8)13(20)21/h3-4,8-9H,5-6H2,1-2H3,(H,20,21)(H,16,17,19). The molecule has 2 heterocycles. The van der Waals surface area contributed by atoms with Crippen molar-refractivity contribution in [1.29, 1.82) is 0 Å². The summed E-state index contributed by atoms with van der Waals surface area (Å²) >= 11 is 3.26. The summed E-state index contributed by atoms with van der Waals surface area (Å²) in [6.07, 6.45) is 0.389. The quantitative estimate of drug-likeness (QED) is 0.800. The van der Waals surface area contributed by atoms with Gasteiger partial charge in [-0.05, 0) is 52.7 Å². The van der Waals surface area contributed by atoms with Crippen molar-refractivity contribution in [2.75, 3.05) is 5.32 Å². The number of rotatable bonds is 2. The molecule has 2 amide bonds. The van der Waals surface area contributed by atoms with Crippen LogP contribution in [0.1, 0.15) is 25.3 Å². The Morgan fingerprint density at radius 1 is 1.48 bits per heavy atom. The number of anilines is 1. The Morgan fingerprint density at radius 2 is 2.19 bits per heavy atom. The number of hydrogen-bond donors (Lipinski definition) is 2. The first kappa shape index (κ1) is 14.3. The van der Waals surface area contributed by atoms with Crippen LogP contribution in [-0.2, 0) is 4.79 Å². The van der Waals surface area contributed by atoms with E-state index in [-0.39, 0.29) is 17.4 Å². The van der Waals surface area contributed by atoms with Crippen molar-refractivity contribution in [3.8, 4) is 0 Å². The fraction of sp³-hybridized carbons (Fsp3) is 0.500. The lowest BCUT2D eigenvalue weighted by atomic mass is 10.0. The largest absolute Gasteiger partial charge is 0.465 e. The molecule has 0 spiro atoms. The van der Waals surface area contributed by atoms with Gasteiger partial charge in [-0.2, -0.15) is 0 Å². The topological polar surface area (TPSA) is 82.5 Å². The van der Waals surface area contributed by atoms with Crippen LogP contribution in [0.4, 0.5) is 10.6 Å². The minimum Gasteiger partial charge on any atom is -0.465 e. The van der Waals surface area contributed by atoms with Gasteiger partial charge in [0.25, 0.3) is 0 Å². The fourth-order valence-corrected chi connectivity index (χ4v) is 3.42. The Labute approximate surface area is 130 Å². The van der Waals surface area contributed by atoms with Crippen LogP contribution in [0.3, 0.4) is 0 Å². The van der Waals surface area contributed by atoms with Crippen molar-refractivity contribution < 1.29 is 14.7 Å².